The molecule has 0 spiro atoms. The lowest BCUT2D eigenvalue weighted by Crippen LogP contribution is -1.96. The number of benzene rings is 1. The Hall–Kier alpha value is -1.52. The molecule has 0 amide bonds. The minimum absolute atomic E-state index is 0.198. The molecule has 1 aliphatic heterocycles. The molecule has 4 heteroatoms. The molecular formula is C15H16N2OS. The summed E-state index contributed by atoms with van der Waals surface area (Å²) in [6.07, 6.45) is 0.976. The van der Waals surface area contributed by atoms with Gasteiger partial charge in [0.15, 0.2) is 0 Å². The van der Waals surface area contributed by atoms with Gasteiger partial charge in [0.1, 0.15) is 6.04 Å². The monoisotopic (exact) mass is 272 g/mol. The first-order chi connectivity index (χ1) is 9.36. The number of thiophene rings is 1. The molecule has 1 aromatic heterocycles. The highest BCUT2D eigenvalue weighted by atomic mass is 32.1. The summed E-state index contributed by atoms with van der Waals surface area (Å²) in [4.78, 5) is 1.31. The van der Waals surface area contributed by atoms with Crippen LogP contribution in [0.4, 0.5) is 0 Å². The van der Waals surface area contributed by atoms with Gasteiger partial charge in [-0.25, -0.2) is 0 Å². The van der Waals surface area contributed by atoms with Gasteiger partial charge in [-0.3, -0.25) is 0 Å². The highest BCUT2D eigenvalue weighted by Gasteiger charge is 2.25. The van der Waals surface area contributed by atoms with Gasteiger partial charge in [-0.05, 0) is 22.6 Å². The van der Waals surface area contributed by atoms with E-state index < -0.39 is 0 Å². The minimum Gasteiger partial charge on any atom is -0.380 e. The fourth-order valence-electron chi connectivity index (χ4n) is 2.33. The SMILES string of the molecule is COCc1ccc(C2CC(c3cccs3)N=N2)cc1. The Balaban J connectivity index is 1.69. The molecule has 0 N–H and O–H groups in total. The zero-order valence-corrected chi connectivity index (χ0v) is 11.6. The zero-order chi connectivity index (χ0) is 13.1. The largest absolute Gasteiger partial charge is 0.380 e. The molecule has 0 saturated carbocycles. The molecule has 0 aliphatic carbocycles. The fourth-order valence-corrected chi connectivity index (χ4v) is 3.10. The molecule has 1 aliphatic rings. The van der Waals surface area contributed by atoms with Gasteiger partial charge in [0, 0.05) is 18.4 Å². The van der Waals surface area contributed by atoms with E-state index in [1.807, 2.05) is 0 Å². The van der Waals surface area contributed by atoms with Crippen LogP contribution in [0, 0.1) is 0 Å². The summed E-state index contributed by atoms with van der Waals surface area (Å²) < 4.78 is 5.12. The molecular weight excluding hydrogens is 256 g/mol. The van der Waals surface area contributed by atoms with E-state index in [0.717, 1.165) is 6.42 Å². The van der Waals surface area contributed by atoms with Crippen LogP contribution in [0.15, 0.2) is 52.0 Å². The Labute approximate surface area is 117 Å². The fraction of sp³-hybridized carbons (Fsp3) is 0.333. The topological polar surface area (TPSA) is 34.0 Å². The van der Waals surface area contributed by atoms with Gasteiger partial charge in [0.2, 0.25) is 0 Å². The first kappa shape index (κ1) is 12.5. The molecule has 3 rings (SSSR count). The van der Waals surface area contributed by atoms with Crippen LogP contribution in [-0.2, 0) is 11.3 Å². The zero-order valence-electron chi connectivity index (χ0n) is 10.8. The third-order valence-electron chi connectivity index (χ3n) is 3.34. The maximum Gasteiger partial charge on any atom is 0.107 e. The first-order valence-electron chi connectivity index (χ1n) is 6.38. The Morgan fingerprint density at radius 2 is 1.95 bits per heavy atom. The van der Waals surface area contributed by atoms with E-state index in [1.54, 1.807) is 18.4 Å². The van der Waals surface area contributed by atoms with Crippen molar-refractivity contribution < 1.29 is 4.74 Å². The van der Waals surface area contributed by atoms with Gasteiger partial charge >= 0.3 is 0 Å². The highest BCUT2D eigenvalue weighted by Crippen LogP contribution is 2.39. The van der Waals surface area contributed by atoms with Crippen LogP contribution in [0.25, 0.3) is 0 Å². The standard InChI is InChI=1S/C15H16N2OS/c1-18-10-11-4-6-12(7-5-11)13-9-14(17-16-13)15-3-2-8-19-15/h2-8,13-14H,9-10H2,1H3. The second-order valence-corrected chi connectivity index (χ2v) is 5.67. The van der Waals surface area contributed by atoms with Crippen LogP contribution in [0.2, 0.25) is 0 Å². The van der Waals surface area contributed by atoms with Gasteiger partial charge in [-0.1, -0.05) is 30.3 Å². The minimum atomic E-state index is 0.198. The van der Waals surface area contributed by atoms with Gasteiger partial charge in [-0.15, -0.1) is 11.3 Å². The number of nitrogens with zero attached hydrogens (tertiary/aromatic N) is 2. The Bertz CT molecular complexity index is 548. The average molecular weight is 272 g/mol. The molecule has 0 radical (unpaired) electrons. The molecule has 2 atom stereocenters. The summed E-state index contributed by atoms with van der Waals surface area (Å²) in [6.45, 7) is 0.657. The molecule has 1 aromatic carbocycles. The van der Waals surface area contributed by atoms with Gasteiger partial charge in [-0.2, -0.15) is 10.2 Å². The van der Waals surface area contributed by atoms with E-state index >= 15 is 0 Å². The van der Waals surface area contributed by atoms with Crippen molar-refractivity contribution in [3.05, 3.63) is 57.8 Å². The van der Waals surface area contributed by atoms with Crippen LogP contribution >= 0.6 is 11.3 Å². The van der Waals surface area contributed by atoms with Gasteiger partial charge in [0.05, 0.1) is 12.6 Å². The third-order valence-corrected chi connectivity index (χ3v) is 4.31. The number of rotatable bonds is 4. The van der Waals surface area contributed by atoms with Crippen LogP contribution in [-0.4, -0.2) is 7.11 Å². The first-order valence-corrected chi connectivity index (χ1v) is 7.26. The lowest BCUT2D eigenvalue weighted by atomic mass is 10.00. The Morgan fingerprint density at radius 1 is 1.16 bits per heavy atom. The predicted octanol–water partition coefficient (Wildman–Crippen LogP) is 4.53. The average Bonchev–Trinajstić information content (AvgIpc) is 3.11. The van der Waals surface area contributed by atoms with Crippen molar-refractivity contribution in [3.63, 3.8) is 0 Å². The summed E-state index contributed by atoms with van der Waals surface area (Å²) in [5.41, 5.74) is 2.43. The summed E-state index contributed by atoms with van der Waals surface area (Å²) >= 11 is 1.76. The molecule has 98 valence electrons. The smallest absolute Gasteiger partial charge is 0.107 e. The summed E-state index contributed by atoms with van der Waals surface area (Å²) in [5.74, 6) is 0. The van der Waals surface area contributed by atoms with Crippen molar-refractivity contribution in [1.29, 1.82) is 0 Å². The summed E-state index contributed by atoms with van der Waals surface area (Å²) in [5, 5.41) is 10.9. The number of azo groups is 1. The number of methoxy groups -OCH3 is 1. The number of hydrogen-bond donors (Lipinski definition) is 0. The van der Waals surface area contributed by atoms with E-state index in [4.69, 9.17) is 4.74 Å². The van der Waals surface area contributed by atoms with Crippen molar-refractivity contribution in [1.82, 2.24) is 0 Å². The number of hydrogen-bond acceptors (Lipinski definition) is 4. The second kappa shape index (κ2) is 5.63. The van der Waals surface area contributed by atoms with E-state index in [2.05, 4.69) is 52.0 Å². The van der Waals surface area contributed by atoms with Crippen molar-refractivity contribution in [2.24, 2.45) is 10.2 Å². The molecule has 2 heterocycles. The van der Waals surface area contributed by atoms with Crippen molar-refractivity contribution in [2.75, 3.05) is 7.11 Å². The van der Waals surface area contributed by atoms with Crippen molar-refractivity contribution in [3.8, 4) is 0 Å². The van der Waals surface area contributed by atoms with E-state index in [0.29, 0.717) is 6.61 Å². The molecule has 0 saturated heterocycles. The van der Waals surface area contributed by atoms with Crippen LogP contribution in [0.1, 0.15) is 34.5 Å². The predicted molar refractivity (Wildman–Crippen MR) is 76.4 cm³/mol. The van der Waals surface area contributed by atoms with E-state index in [9.17, 15) is 0 Å². The van der Waals surface area contributed by atoms with Crippen LogP contribution in [0.3, 0.4) is 0 Å². The highest BCUT2D eigenvalue weighted by molar-refractivity contribution is 7.10. The van der Waals surface area contributed by atoms with Gasteiger partial charge < -0.3 is 4.74 Å². The molecule has 0 fully saturated rings. The van der Waals surface area contributed by atoms with E-state index in [-0.39, 0.29) is 12.1 Å². The maximum absolute atomic E-state index is 5.12. The summed E-state index contributed by atoms with van der Waals surface area (Å²) in [6, 6.07) is 13.1. The molecule has 3 nitrogen and oxygen atoms in total. The second-order valence-electron chi connectivity index (χ2n) is 4.69. The molecule has 19 heavy (non-hydrogen) atoms. The van der Waals surface area contributed by atoms with Crippen LogP contribution < -0.4 is 0 Å². The van der Waals surface area contributed by atoms with E-state index in [1.165, 1.54) is 16.0 Å². The quantitative estimate of drug-likeness (QED) is 0.805. The molecule has 0 bridgehead atoms. The Kier molecular flexibility index (Phi) is 3.71. The lowest BCUT2D eigenvalue weighted by molar-refractivity contribution is 0.185. The number of ether oxygens (including phenoxy) is 1. The molecule has 2 unspecified atom stereocenters. The van der Waals surface area contributed by atoms with Gasteiger partial charge in [0.25, 0.3) is 0 Å². The summed E-state index contributed by atoms with van der Waals surface area (Å²) in [7, 11) is 1.71. The van der Waals surface area contributed by atoms with Crippen LogP contribution in [0.5, 0.6) is 0 Å². The van der Waals surface area contributed by atoms with Crippen molar-refractivity contribution >= 4 is 11.3 Å². The normalized spacial score (nSPS) is 21.9. The van der Waals surface area contributed by atoms with Crippen molar-refractivity contribution in [2.45, 2.75) is 25.1 Å². The molecule has 2 aromatic rings. The Morgan fingerprint density at radius 3 is 2.63 bits per heavy atom. The lowest BCUT2D eigenvalue weighted by Gasteiger charge is -2.08. The third kappa shape index (κ3) is 2.74. The maximum atomic E-state index is 5.12.